The predicted molar refractivity (Wildman–Crippen MR) is 112 cm³/mol. The Balaban J connectivity index is 1.51. The molecule has 0 aliphatic carbocycles. The van der Waals surface area contributed by atoms with E-state index in [0.29, 0.717) is 11.6 Å². The monoisotopic (exact) mass is 408 g/mol. The highest BCUT2D eigenvalue weighted by Gasteiger charge is 2.15. The molecule has 29 heavy (non-hydrogen) atoms. The van der Waals surface area contributed by atoms with Crippen molar-refractivity contribution < 1.29 is 14.3 Å². The average molecular weight is 409 g/mol. The lowest BCUT2D eigenvalue weighted by atomic mass is 9.88. The summed E-state index contributed by atoms with van der Waals surface area (Å²) >= 11 is 5.82. The topological polar surface area (TPSA) is 68.3 Å². The second-order valence-corrected chi connectivity index (χ2v) is 6.88. The molecule has 0 aliphatic heterocycles. The van der Waals surface area contributed by atoms with E-state index in [2.05, 4.69) is 34.6 Å². The number of amides is 1. The number of hydrogen-bond acceptors (Lipinski definition) is 4. The van der Waals surface area contributed by atoms with Gasteiger partial charge in [-0.1, -0.05) is 72.3 Å². The number of carbonyl (C=O) groups is 2. The van der Waals surface area contributed by atoms with Crippen molar-refractivity contribution in [2.75, 3.05) is 13.2 Å². The number of pyridine rings is 1. The van der Waals surface area contributed by atoms with E-state index in [1.54, 1.807) is 6.07 Å². The first-order chi connectivity index (χ1) is 14.1. The number of ether oxygens (including phenoxy) is 1. The molecule has 0 atom stereocenters. The molecule has 1 heterocycles. The number of aromatic nitrogens is 1. The molecule has 0 bridgehead atoms. The molecular formula is C23H21ClN2O3. The minimum absolute atomic E-state index is 0.0681. The van der Waals surface area contributed by atoms with Crippen LogP contribution in [0.2, 0.25) is 5.02 Å². The molecule has 1 amide bonds. The lowest BCUT2D eigenvalue weighted by Gasteiger charge is -2.18. The maximum Gasteiger partial charge on any atom is 0.357 e. The third kappa shape index (κ3) is 6.16. The normalized spacial score (nSPS) is 10.6. The molecule has 5 nitrogen and oxygen atoms in total. The lowest BCUT2D eigenvalue weighted by molar-refractivity contribution is -0.124. The maximum absolute atomic E-state index is 12.1. The van der Waals surface area contributed by atoms with Gasteiger partial charge in [0.25, 0.3) is 5.91 Å². The zero-order chi connectivity index (χ0) is 20.5. The van der Waals surface area contributed by atoms with Crippen molar-refractivity contribution in [1.29, 1.82) is 0 Å². The summed E-state index contributed by atoms with van der Waals surface area (Å²) in [6.45, 7) is 0.0919. The Morgan fingerprint density at radius 3 is 2.17 bits per heavy atom. The number of nitrogens with one attached hydrogen (secondary N) is 1. The Kier molecular flexibility index (Phi) is 7.36. The highest BCUT2D eigenvalue weighted by molar-refractivity contribution is 6.30. The lowest BCUT2D eigenvalue weighted by Crippen LogP contribution is -2.30. The van der Waals surface area contributed by atoms with Crippen LogP contribution in [0.3, 0.4) is 0 Å². The minimum atomic E-state index is -0.686. The van der Waals surface area contributed by atoms with Gasteiger partial charge in [-0.15, -0.1) is 0 Å². The molecule has 0 fully saturated rings. The van der Waals surface area contributed by atoms with Gasteiger partial charge in [-0.3, -0.25) is 4.79 Å². The molecule has 0 unspecified atom stereocenters. The van der Waals surface area contributed by atoms with Crippen molar-refractivity contribution in [3.05, 3.63) is 101 Å². The summed E-state index contributed by atoms with van der Waals surface area (Å²) in [5.41, 5.74) is 2.44. The second-order valence-electron chi connectivity index (χ2n) is 6.45. The van der Waals surface area contributed by atoms with Crippen molar-refractivity contribution >= 4 is 23.5 Å². The van der Waals surface area contributed by atoms with Crippen LogP contribution in [0, 0.1) is 0 Å². The highest BCUT2D eigenvalue weighted by atomic mass is 35.5. The van der Waals surface area contributed by atoms with E-state index in [-0.39, 0.29) is 24.1 Å². The number of rotatable bonds is 8. The third-order valence-electron chi connectivity index (χ3n) is 4.42. The number of hydrogen-bond donors (Lipinski definition) is 1. The number of benzene rings is 2. The van der Waals surface area contributed by atoms with Gasteiger partial charge in [0, 0.05) is 23.7 Å². The summed E-state index contributed by atoms with van der Waals surface area (Å²) in [5.74, 6) is -0.884. The molecule has 148 valence electrons. The number of esters is 1. The van der Waals surface area contributed by atoms with Crippen LogP contribution in [0.4, 0.5) is 0 Å². The average Bonchev–Trinajstić information content (AvgIpc) is 2.76. The Hall–Kier alpha value is -3.18. The van der Waals surface area contributed by atoms with Crippen molar-refractivity contribution in [3.63, 3.8) is 0 Å². The highest BCUT2D eigenvalue weighted by Crippen LogP contribution is 2.27. The zero-order valence-corrected chi connectivity index (χ0v) is 16.5. The van der Waals surface area contributed by atoms with Gasteiger partial charge in [0.1, 0.15) is 5.69 Å². The van der Waals surface area contributed by atoms with Crippen LogP contribution >= 0.6 is 11.6 Å². The first-order valence-electron chi connectivity index (χ1n) is 9.29. The van der Waals surface area contributed by atoms with Crippen LogP contribution in [0.5, 0.6) is 0 Å². The van der Waals surface area contributed by atoms with E-state index in [1.165, 1.54) is 23.4 Å². The van der Waals surface area contributed by atoms with Gasteiger partial charge in [-0.2, -0.15) is 0 Å². The number of halogens is 1. The minimum Gasteiger partial charge on any atom is -0.451 e. The molecule has 0 saturated heterocycles. The summed E-state index contributed by atoms with van der Waals surface area (Å²) < 4.78 is 5.00. The van der Waals surface area contributed by atoms with Gasteiger partial charge in [0.05, 0.1) is 0 Å². The van der Waals surface area contributed by atoms with Crippen LogP contribution < -0.4 is 5.32 Å². The summed E-state index contributed by atoms with van der Waals surface area (Å²) in [4.78, 5) is 27.9. The SMILES string of the molecule is O=C(COC(=O)c1cc(Cl)ccn1)NCCC(c1ccccc1)c1ccccc1. The van der Waals surface area contributed by atoms with E-state index >= 15 is 0 Å². The summed E-state index contributed by atoms with van der Waals surface area (Å²) in [6.07, 6.45) is 2.13. The fraction of sp³-hybridized carbons (Fsp3) is 0.174. The van der Waals surface area contributed by atoms with Crippen molar-refractivity contribution in [2.24, 2.45) is 0 Å². The smallest absolute Gasteiger partial charge is 0.357 e. The quantitative estimate of drug-likeness (QED) is 0.566. The van der Waals surface area contributed by atoms with Gasteiger partial charge in [0.15, 0.2) is 6.61 Å². The van der Waals surface area contributed by atoms with Gasteiger partial charge in [-0.25, -0.2) is 9.78 Å². The molecule has 1 aromatic heterocycles. The summed E-state index contributed by atoms with van der Waals surface area (Å²) in [7, 11) is 0. The maximum atomic E-state index is 12.1. The van der Waals surface area contributed by atoms with E-state index in [4.69, 9.17) is 16.3 Å². The van der Waals surface area contributed by atoms with Gasteiger partial charge in [0.2, 0.25) is 0 Å². The zero-order valence-electron chi connectivity index (χ0n) is 15.8. The van der Waals surface area contributed by atoms with Crippen molar-refractivity contribution in [3.8, 4) is 0 Å². The first-order valence-corrected chi connectivity index (χ1v) is 9.66. The van der Waals surface area contributed by atoms with E-state index in [9.17, 15) is 9.59 Å². The van der Waals surface area contributed by atoms with Crippen LogP contribution in [-0.4, -0.2) is 30.0 Å². The van der Waals surface area contributed by atoms with Gasteiger partial charge in [-0.05, 0) is 29.7 Å². The van der Waals surface area contributed by atoms with E-state index < -0.39 is 5.97 Å². The second kappa shape index (κ2) is 10.4. The Bertz CT molecular complexity index is 909. The fourth-order valence-electron chi connectivity index (χ4n) is 3.02. The van der Waals surface area contributed by atoms with Gasteiger partial charge >= 0.3 is 5.97 Å². The number of nitrogens with zero attached hydrogens (tertiary/aromatic N) is 1. The van der Waals surface area contributed by atoms with E-state index in [0.717, 1.165) is 6.42 Å². The summed E-state index contributed by atoms with van der Waals surface area (Å²) in [6, 6.07) is 23.3. The first kappa shape index (κ1) is 20.6. The molecule has 1 N–H and O–H groups in total. The van der Waals surface area contributed by atoms with Gasteiger partial charge < -0.3 is 10.1 Å². The Morgan fingerprint density at radius 1 is 0.966 bits per heavy atom. The van der Waals surface area contributed by atoms with Crippen LogP contribution in [-0.2, 0) is 9.53 Å². The molecule has 2 aromatic carbocycles. The van der Waals surface area contributed by atoms with Crippen molar-refractivity contribution in [2.45, 2.75) is 12.3 Å². The molecular weight excluding hydrogens is 388 g/mol. The standard InChI is InChI=1S/C23H21ClN2O3/c24-19-11-13-25-21(15-19)23(28)29-16-22(27)26-14-12-20(17-7-3-1-4-8-17)18-9-5-2-6-10-18/h1-11,13,15,20H,12,14,16H2,(H,26,27). The fourth-order valence-corrected chi connectivity index (χ4v) is 3.18. The van der Waals surface area contributed by atoms with Crippen molar-refractivity contribution in [1.82, 2.24) is 10.3 Å². The molecule has 0 spiro atoms. The molecule has 0 aliphatic rings. The molecule has 3 rings (SSSR count). The predicted octanol–water partition coefficient (Wildman–Crippen LogP) is 4.23. The molecule has 6 heteroatoms. The Labute approximate surface area is 174 Å². The number of carbonyl (C=O) groups excluding carboxylic acids is 2. The Morgan fingerprint density at radius 2 is 1.59 bits per heavy atom. The summed E-state index contributed by atoms with van der Waals surface area (Å²) in [5, 5.41) is 3.19. The molecule has 3 aromatic rings. The third-order valence-corrected chi connectivity index (χ3v) is 4.66. The largest absolute Gasteiger partial charge is 0.451 e. The van der Waals surface area contributed by atoms with Crippen LogP contribution in [0.1, 0.15) is 34.0 Å². The molecule has 0 radical (unpaired) electrons. The van der Waals surface area contributed by atoms with Crippen LogP contribution in [0.15, 0.2) is 79.0 Å². The van der Waals surface area contributed by atoms with E-state index in [1.807, 2.05) is 36.4 Å². The van der Waals surface area contributed by atoms with Crippen LogP contribution in [0.25, 0.3) is 0 Å². The molecule has 0 saturated carbocycles.